The molecule has 0 aromatic carbocycles. The Morgan fingerprint density at radius 3 is 2.60 bits per heavy atom. The molecule has 1 N–H and O–H groups in total. The summed E-state index contributed by atoms with van der Waals surface area (Å²) in [6.45, 7) is 6.00. The number of nitrogens with one attached hydrogen (secondary N) is 1. The van der Waals surface area contributed by atoms with Gasteiger partial charge in [0, 0.05) is 6.54 Å². The molecule has 1 rings (SSSR count). The first-order valence-electron chi connectivity index (χ1n) is 3.48. The van der Waals surface area contributed by atoms with Gasteiger partial charge in [0.1, 0.15) is 0 Å². The van der Waals surface area contributed by atoms with E-state index in [0.717, 1.165) is 6.54 Å². The van der Waals surface area contributed by atoms with Crippen molar-refractivity contribution in [1.82, 2.24) is 5.32 Å². The van der Waals surface area contributed by atoms with E-state index in [1.165, 1.54) is 6.92 Å². The van der Waals surface area contributed by atoms with Gasteiger partial charge in [-0.3, -0.25) is 10.1 Å². The van der Waals surface area contributed by atoms with Crippen LogP contribution in [0.4, 0.5) is 0 Å². The van der Waals surface area contributed by atoms with Gasteiger partial charge >= 0.3 is 0 Å². The first-order valence-corrected chi connectivity index (χ1v) is 3.48. The second-order valence-electron chi connectivity index (χ2n) is 2.90. The molecule has 0 aromatic rings. The molecule has 0 amide bonds. The standard InChI is InChI=1S/C7H13NO2/c1-5-4-8-7(3,10-5)6(2)9/h5,8H,4H2,1-3H3/t5-,7+/m0/s1. The van der Waals surface area contributed by atoms with Crippen LogP contribution in [-0.4, -0.2) is 24.2 Å². The second-order valence-corrected chi connectivity index (χ2v) is 2.90. The third-order valence-corrected chi connectivity index (χ3v) is 1.84. The van der Waals surface area contributed by atoms with E-state index >= 15 is 0 Å². The average molecular weight is 143 g/mol. The molecular formula is C7H13NO2. The van der Waals surface area contributed by atoms with Crippen molar-refractivity contribution in [2.24, 2.45) is 0 Å². The van der Waals surface area contributed by atoms with Crippen LogP contribution < -0.4 is 5.32 Å². The fourth-order valence-corrected chi connectivity index (χ4v) is 1.03. The highest BCUT2D eigenvalue weighted by Crippen LogP contribution is 2.16. The Balaban J connectivity index is 2.63. The Kier molecular flexibility index (Phi) is 1.79. The molecule has 2 atom stereocenters. The molecule has 0 radical (unpaired) electrons. The largest absolute Gasteiger partial charge is 0.349 e. The molecule has 0 spiro atoms. The number of carbonyl (C=O) groups is 1. The minimum atomic E-state index is -0.723. The smallest absolute Gasteiger partial charge is 0.176 e. The Labute approximate surface area is 60.7 Å². The summed E-state index contributed by atoms with van der Waals surface area (Å²) in [5.41, 5.74) is -0.723. The zero-order valence-electron chi connectivity index (χ0n) is 6.60. The van der Waals surface area contributed by atoms with E-state index in [1.54, 1.807) is 6.92 Å². The fourth-order valence-electron chi connectivity index (χ4n) is 1.03. The van der Waals surface area contributed by atoms with Crippen molar-refractivity contribution in [2.75, 3.05) is 6.54 Å². The Hall–Kier alpha value is -0.410. The SMILES string of the molecule is CC(=O)[C@]1(C)NC[C@H](C)O1. The number of Topliss-reactive ketones (excluding diaryl/α,β-unsaturated/α-hetero) is 1. The van der Waals surface area contributed by atoms with Crippen LogP contribution in [0.3, 0.4) is 0 Å². The van der Waals surface area contributed by atoms with Gasteiger partial charge in [0.25, 0.3) is 0 Å². The Morgan fingerprint density at radius 1 is 1.80 bits per heavy atom. The number of ketones is 1. The molecule has 1 aliphatic heterocycles. The van der Waals surface area contributed by atoms with Crippen molar-refractivity contribution in [1.29, 1.82) is 0 Å². The van der Waals surface area contributed by atoms with Gasteiger partial charge in [0.2, 0.25) is 0 Å². The molecule has 3 nitrogen and oxygen atoms in total. The summed E-state index contributed by atoms with van der Waals surface area (Å²) < 4.78 is 5.35. The first-order chi connectivity index (χ1) is 4.54. The molecule has 0 unspecified atom stereocenters. The van der Waals surface area contributed by atoms with Crippen molar-refractivity contribution in [2.45, 2.75) is 32.6 Å². The molecule has 1 aliphatic rings. The lowest BCUT2D eigenvalue weighted by Crippen LogP contribution is -2.44. The average Bonchev–Trinajstić information content (AvgIpc) is 2.13. The number of ether oxygens (including phenoxy) is 1. The maximum atomic E-state index is 10.9. The summed E-state index contributed by atoms with van der Waals surface area (Å²) in [7, 11) is 0. The Morgan fingerprint density at radius 2 is 2.40 bits per heavy atom. The van der Waals surface area contributed by atoms with Crippen molar-refractivity contribution < 1.29 is 9.53 Å². The zero-order chi connectivity index (χ0) is 7.78. The van der Waals surface area contributed by atoms with Gasteiger partial charge in [0.15, 0.2) is 11.5 Å². The molecule has 58 valence electrons. The molecule has 0 bridgehead atoms. The highest BCUT2D eigenvalue weighted by molar-refractivity contribution is 5.84. The third-order valence-electron chi connectivity index (χ3n) is 1.84. The van der Waals surface area contributed by atoms with E-state index in [4.69, 9.17) is 4.74 Å². The maximum Gasteiger partial charge on any atom is 0.176 e. The van der Waals surface area contributed by atoms with Crippen molar-refractivity contribution >= 4 is 5.78 Å². The van der Waals surface area contributed by atoms with Gasteiger partial charge in [-0.25, -0.2) is 0 Å². The lowest BCUT2D eigenvalue weighted by atomic mass is 10.2. The third kappa shape index (κ3) is 1.20. The van der Waals surface area contributed by atoms with Crippen LogP contribution in [0.2, 0.25) is 0 Å². The minimum absolute atomic E-state index is 0.0388. The van der Waals surface area contributed by atoms with Crippen molar-refractivity contribution in [3.05, 3.63) is 0 Å². The molecule has 3 heteroatoms. The van der Waals surface area contributed by atoms with Gasteiger partial charge in [-0.2, -0.15) is 0 Å². The highest BCUT2D eigenvalue weighted by atomic mass is 16.5. The topological polar surface area (TPSA) is 38.3 Å². The lowest BCUT2D eigenvalue weighted by molar-refractivity contribution is -0.139. The van der Waals surface area contributed by atoms with Crippen LogP contribution in [0.25, 0.3) is 0 Å². The zero-order valence-corrected chi connectivity index (χ0v) is 6.60. The van der Waals surface area contributed by atoms with Gasteiger partial charge in [-0.15, -0.1) is 0 Å². The van der Waals surface area contributed by atoms with E-state index in [1.807, 2.05) is 6.92 Å². The molecule has 0 saturated carbocycles. The number of hydrogen-bond donors (Lipinski definition) is 1. The molecule has 10 heavy (non-hydrogen) atoms. The van der Waals surface area contributed by atoms with Gasteiger partial charge < -0.3 is 4.74 Å². The molecule has 0 aromatic heterocycles. The summed E-state index contributed by atoms with van der Waals surface area (Å²) in [4.78, 5) is 10.9. The molecule has 1 heterocycles. The summed E-state index contributed by atoms with van der Waals surface area (Å²) in [6.07, 6.45) is 0.147. The molecule has 0 aliphatic carbocycles. The molecule has 1 fully saturated rings. The summed E-state index contributed by atoms with van der Waals surface area (Å²) in [5, 5.41) is 3.01. The van der Waals surface area contributed by atoms with Crippen LogP contribution in [-0.2, 0) is 9.53 Å². The normalized spacial score (nSPS) is 40.1. The quantitative estimate of drug-likeness (QED) is 0.573. The van der Waals surface area contributed by atoms with Gasteiger partial charge in [0.05, 0.1) is 6.10 Å². The van der Waals surface area contributed by atoms with Gasteiger partial charge in [-0.1, -0.05) is 0 Å². The van der Waals surface area contributed by atoms with Crippen molar-refractivity contribution in [3.8, 4) is 0 Å². The summed E-state index contributed by atoms with van der Waals surface area (Å²) in [6, 6.07) is 0. The molecular weight excluding hydrogens is 130 g/mol. The second kappa shape index (κ2) is 2.32. The summed E-state index contributed by atoms with van der Waals surface area (Å²) >= 11 is 0. The highest BCUT2D eigenvalue weighted by Gasteiger charge is 2.37. The monoisotopic (exact) mass is 143 g/mol. The lowest BCUT2D eigenvalue weighted by Gasteiger charge is -2.19. The minimum Gasteiger partial charge on any atom is -0.349 e. The predicted molar refractivity (Wildman–Crippen MR) is 37.6 cm³/mol. The first kappa shape index (κ1) is 7.69. The number of carbonyl (C=O) groups excluding carboxylic acids is 1. The van der Waals surface area contributed by atoms with E-state index in [-0.39, 0.29) is 11.9 Å². The van der Waals surface area contributed by atoms with Crippen LogP contribution in [0, 0.1) is 0 Å². The predicted octanol–water partition coefficient (Wildman–Crippen LogP) is 0.300. The van der Waals surface area contributed by atoms with Crippen LogP contribution in [0.1, 0.15) is 20.8 Å². The van der Waals surface area contributed by atoms with E-state index in [0.29, 0.717) is 0 Å². The summed E-state index contributed by atoms with van der Waals surface area (Å²) in [5.74, 6) is 0.0388. The van der Waals surface area contributed by atoms with E-state index in [2.05, 4.69) is 5.32 Å². The van der Waals surface area contributed by atoms with Crippen molar-refractivity contribution in [3.63, 3.8) is 0 Å². The van der Waals surface area contributed by atoms with E-state index < -0.39 is 5.72 Å². The maximum absolute atomic E-state index is 10.9. The van der Waals surface area contributed by atoms with Gasteiger partial charge in [-0.05, 0) is 20.8 Å². The van der Waals surface area contributed by atoms with Crippen LogP contribution in [0.15, 0.2) is 0 Å². The number of rotatable bonds is 1. The van der Waals surface area contributed by atoms with E-state index in [9.17, 15) is 4.79 Å². The molecule has 1 saturated heterocycles. The van der Waals surface area contributed by atoms with Crippen LogP contribution >= 0.6 is 0 Å². The fraction of sp³-hybridized carbons (Fsp3) is 0.857. The number of hydrogen-bond acceptors (Lipinski definition) is 3. The Bertz CT molecular complexity index is 158. The van der Waals surface area contributed by atoms with Crippen LogP contribution in [0.5, 0.6) is 0 Å².